The highest BCUT2D eigenvalue weighted by atomic mass is 16.3. The summed E-state index contributed by atoms with van der Waals surface area (Å²) in [6.07, 6.45) is 5.49. The summed E-state index contributed by atoms with van der Waals surface area (Å²) in [5.74, 6) is 0.0193. The SMILES string of the molecule is CC(=O)N1c2ccc(C3=CCN(CCO)CC3)cc2[C@H](Nc2ncccn2)[C@@H](C)[C@@H]1O. The lowest BCUT2D eigenvalue weighted by Gasteiger charge is -2.42. The minimum absolute atomic E-state index is 0.165. The molecule has 2 aromatic rings. The van der Waals surface area contributed by atoms with E-state index in [1.165, 1.54) is 17.4 Å². The molecule has 4 rings (SSSR count). The number of rotatable bonds is 5. The van der Waals surface area contributed by atoms with Gasteiger partial charge in [0.25, 0.3) is 0 Å². The summed E-state index contributed by atoms with van der Waals surface area (Å²) >= 11 is 0. The van der Waals surface area contributed by atoms with Crippen LogP contribution in [0.5, 0.6) is 0 Å². The number of hydrogen-bond donors (Lipinski definition) is 3. The van der Waals surface area contributed by atoms with Gasteiger partial charge in [0.1, 0.15) is 6.23 Å². The largest absolute Gasteiger partial charge is 0.395 e. The molecule has 1 aromatic carbocycles. The second-order valence-corrected chi connectivity index (χ2v) is 8.13. The van der Waals surface area contributed by atoms with Crippen molar-refractivity contribution < 1.29 is 15.0 Å². The van der Waals surface area contributed by atoms with Crippen molar-refractivity contribution in [2.75, 3.05) is 36.5 Å². The van der Waals surface area contributed by atoms with Gasteiger partial charge in [-0.15, -0.1) is 0 Å². The van der Waals surface area contributed by atoms with Crippen molar-refractivity contribution in [3.8, 4) is 0 Å². The summed E-state index contributed by atoms with van der Waals surface area (Å²) in [6.45, 7) is 5.95. The molecule has 2 aliphatic rings. The highest BCUT2D eigenvalue weighted by molar-refractivity contribution is 5.94. The zero-order valence-corrected chi connectivity index (χ0v) is 17.9. The van der Waals surface area contributed by atoms with Crippen molar-refractivity contribution >= 4 is 23.1 Å². The van der Waals surface area contributed by atoms with Crippen LogP contribution in [0.2, 0.25) is 0 Å². The standard InChI is InChI=1S/C23H29N5O3/c1-15-21(26-23-24-8-3-9-25-23)19-14-18(17-6-10-27(11-7-17)12-13-29)4-5-20(19)28(16(2)30)22(15)31/h3-6,8-9,14-15,21-22,29,31H,7,10-13H2,1-2H3,(H,24,25,26)/t15-,21-,22+/m1/s1. The van der Waals surface area contributed by atoms with E-state index in [2.05, 4.69) is 32.3 Å². The molecule has 0 aliphatic carbocycles. The van der Waals surface area contributed by atoms with Crippen molar-refractivity contribution in [3.63, 3.8) is 0 Å². The van der Waals surface area contributed by atoms with Crippen molar-refractivity contribution in [2.24, 2.45) is 5.92 Å². The minimum Gasteiger partial charge on any atom is -0.395 e. The van der Waals surface area contributed by atoms with Gasteiger partial charge in [0.05, 0.1) is 18.3 Å². The predicted octanol–water partition coefficient (Wildman–Crippen LogP) is 2.03. The Kier molecular flexibility index (Phi) is 6.31. The Bertz CT molecular complexity index is 965. The summed E-state index contributed by atoms with van der Waals surface area (Å²) in [5, 5.41) is 23.4. The van der Waals surface area contributed by atoms with Gasteiger partial charge in [0.15, 0.2) is 0 Å². The molecule has 0 bridgehead atoms. The van der Waals surface area contributed by atoms with E-state index < -0.39 is 6.23 Å². The number of nitrogens with zero attached hydrogens (tertiary/aromatic N) is 4. The average molecular weight is 424 g/mol. The monoisotopic (exact) mass is 423 g/mol. The topological polar surface area (TPSA) is 102 Å². The van der Waals surface area contributed by atoms with E-state index in [1.54, 1.807) is 18.5 Å². The molecule has 0 saturated heterocycles. The van der Waals surface area contributed by atoms with Crippen LogP contribution < -0.4 is 10.2 Å². The van der Waals surface area contributed by atoms with Gasteiger partial charge in [0, 0.05) is 44.9 Å². The summed E-state index contributed by atoms with van der Waals surface area (Å²) in [4.78, 5) is 24.6. The Morgan fingerprint density at radius 2 is 2.06 bits per heavy atom. The van der Waals surface area contributed by atoms with Crippen molar-refractivity contribution in [3.05, 3.63) is 53.9 Å². The Balaban J connectivity index is 1.72. The van der Waals surface area contributed by atoms with Crippen molar-refractivity contribution in [1.29, 1.82) is 0 Å². The van der Waals surface area contributed by atoms with Crippen LogP contribution in [0.15, 0.2) is 42.7 Å². The van der Waals surface area contributed by atoms with Gasteiger partial charge in [-0.3, -0.25) is 14.6 Å². The molecule has 8 nitrogen and oxygen atoms in total. The van der Waals surface area contributed by atoms with Crippen LogP contribution in [0.25, 0.3) is 5.57 Å². The zero-order chi connectivity index (χ0) is 22.0. The van der Waals surface area contributed by atoms with Gasteiger partial charge in [0.2, 0.25) is 11.9 Å². The number of anilines is 2. The minimum atomic E-state index is -0.946. The molecule has 3 heterocycles. The molecule has 2 aliphatic heterocycles. The molecule has 0 radical (unpaired) electrons. The molecule has 3 atom stereocenters. The van der Waals surface area contributed by atoms with Gasteiger partial charge in [-0.25, -0.2) is 9.97 Å². The van der Waals surface area contributed by atoms with Crippen molar-refractivity contribution in [2.45, 2.75) is 32.5 Å². The number of carbonyl (C=O) groups is 1. The van der Waals surface area contributed by atoms with E-state index in [1.807, 2.05) is 19.1 Å². The fourth-order valence-corrected chi connectivity index (χ4v) is 4.45. The molecular formula is C23H29N5O3. The third-order valence-corrected chi connectivity index (χ3v) is 6.15. The molecule has 0 unspecified atom stereocenters. The molecule has 31 heavy (non-hydrogen) atoms. The van der Waals surface area contributed by atoms with E-state index in [9.17, 15) is 9.90 Å². The third-order valence-electron chi connectivity index (χ3n) is 6.15. The molecule has 3 N–H and O–H groups in total. The summed E-state index contributed by atoms with van der Waals surface area (Å²) in [5.41, 5.74) is 4.00. The number of benzene rings is 1. The first-order chi connectivity index (χ1) is 15.0. The van der Waals surface area contributed by atoms with Gasteiger partial charge in [-0.05, 0) is 41.3 Å². The van der Waals surface area contributed by atoms with Crippen LogP contribution >= 0.6 is 0 Å². The number of aliphatic hydroxyl groups is 2. The highest BCUT2D eigenvalue weighted by Gasteiger charge is 2.40. The number of hydrogen-bond acceptors (Lipinski definition) is 7. The first kappa shape index (κ1) is 21.4. The molecule has 0 fully saturated rings. The van der Waals surface area contributed by atoms with Gasteiger partial charge < -0.3 is 15.5 Å². The molecule has 164 valence electrons. The number of aromatic nitrogens is 2. The van der Waals surface area contributed by atoms with E-state index in [0.717, 1.165) is 30.6 Å². The number of nitrogens with one attached hydrogen (secondary N) is 1. The van der Waals surface area contributed by atoms with Crippen LogP contribution in [-0.4, -0.2) is 63.5 Å². The lowest BCUT2D eigenvalue weighted by molar-refractivity contribution is -0.119. The molecule has 0 saturated carbocycles. The maximum Gasteiger partial charge on any atom is 0.225 e. The van der Waals surface area contributed by atoms with Crippen LogP contribution in [0, 0.1) is 5.92 Å². The molecule has 0 spiro atoms. The lowest BCUT2D eigenvalue weighted by atomic mass is 9.84. The summed E-state index contributed by atoms with van der Waals surface area (Å²) in [7, 11) is 0. The van der Waals surface area contributed by atoms with Crippen LogP contribution in [0.4, 0.5) is 11.6 Å². The average Bonchev–Trinajstić information content (AvgIpc) is 2.78. The molecular weight excluding hydrogens is 394 g/mol. The van der Waals surface area contributed by atoms with Gasteiger partial charge >= 0.3 is 0 Å². The predicted molar refractivity (Wildman–Crippen MR) is 119 cm³/mol. The number of aliphatic hydroxyl groups excluding tert-OH is 2. The van der Waals surface area contributed by atoms with E-state index in [0.29, 0.717) is 18.2 Å². The zero-order valence-electron chi connectivity index (χ0n) is 17.9. The van der Waals surface area contributed by atoms with E-state index in [-0.39, 0.29) is 24.5 Å². The molecule has 8 heteroatoms. The summed E-state index contributed by atoms with van der Waals surface area (Å²) in [6, 6.07) is 7.55. The molecule has 1 aromatic heterocycles. The van der Waals surface area contributed by atoms with E-state index >= 15 is 0 Å². The lowest BCUT2D eigenvalue weighted by Crippen LogP contribution is -2.50. The Labute approximate surface area is 182 Å². The highest BCUT2D eigenvalue weighted by Crippen LogP contribution is 2.43. The van der Waals surface area contributed by atoms with Gasteiger partial charge in [-0.1, -0.05) is 19.1 Å². The number of β-amino-alcohol motifs (C(OH)–C–C–N with tert-alkyl or cyclic N) is 1. The Hall–Kier alpha value is -2.81. The quantitative estimate of drug-likeness (QED) is 0.676. The number of amides is 1. The fraction of sp³-hybridized carbons (Fsp3) is 0.435. The van der Waals surface area contributed by atoms with Gasteiger partial charge in [-0.2, -0.15) is 0 Å². The third kappa shape index (κ3) is 4.32. The summed E-state index contributed by atoms with van der Waals surface area (Å²) < 4.78 is 0. The second-order valence-electron chi connectivity index (χ2n) is 8.13. The first-order valence-electron chi connectivity index (χ1n) is 10.7. The van der Waals surface area contributed by atoms with Crippen LogP contribution in [0.1, 0.15) is 37.4 Å². The smallest absolute Gasteiger partial charge is 0.225 e. The first-order valence-corrected chi connectivity index (χ1v) is 10.7. The number of carbonyl (C=O) groups excluding carboxylic acids is 1. The van der Waals surface area contributed by atoms with Crippen LogP contribution in [-0.2, 0) is 4.79 Å². The normalized spacial score (nSPS) is 23.8. The van der Waals surface area contributed by atoms with Crippen molar-refractivity contribution in [1.82, 2.24) is 14.9 Å². The maximum absolute atomic E-state index is 12.4. The fourth-order valence-electron chi connectivity index (χ4n) is 4.45. The Morgan fingerprint density at radius 3 is 2.71 bits per heavy atom. The maximum atomic E-state index is 12.4. The van der Waals surface area contributed by atoms with E-state index in [4.69, 9.17) is 5.11 Å². The second kappa shape index (κ2) is 9.13. The number of fused-ring (bicyclic) bond motifs is 1. The molecule has 1 amide bonds. The van der Waals surface area contributed by atoms with Crippen LogP contribution in [0.3, 0.4) is 0 Å². The Morgan fingerprint density at radius 1 is 1.29 bits per heavy atom.